The van der Waals surface area contributed by atoms with Gasteiger partial charge in [-0.1, -0.05) is 30.3 Å². The van der Waals surface area contributed by atoms with Crippen molar-refractivity contribution in [3.8, 4) is 0 Å². The number of nitrogens with zero attached hydrogens (tertiary/aromatic N) is 1. The summed E-state index contributed by atoms with van der Waals surface area (Å²) in [4.78, 5) is 25.6. The highest BCUT2D eigenvalue weighted by atomic mass is 16.2. The van der Waals surface area contributed by atoms with E-state index in [1.807, 2.05) is 23.1 Å². The van der Waals surface area contributed by atoms with Crippen molar-refractivity contribution in [2.75, 3.05) is 13.1 Å². The van der Waals surface area contributed by atoms with E-state index in [0.717, 1.165) is 32.2 Å². The average molecular weight is 287 g/mol. The van der Waals surface area contributed by atoms with Gasteiger partial charge in [-0.3, -0.25) is 4.79 Å². The van der Waals surface area contributed by atoms with Gasteiger partial charge in [0.15, 0.2) is 0 Å². The molecule has 0 unspecified atom stereocenters. The lowest BCUT2D eigenvalue weighted by molar-refractivity contribution is -0.133. The summed E-state index contributed by atoms with van der Waals surface area (Å²) in [5, 5.41) is 5.33. The molecule has 0 bridgehead atoms. The van der Waals surface area contributed by atoms with E-state index in [2.05, 4.69) is 22.8 Å². The van der Waals surface area contributed by atoms with Crippen LogP contribution in [0.5, 0.6) is 0 Å². The van der Waals surface area contributed by atoms with Gasteiger partial charge < -0.3 is 15.5 Å². The van der Waals surface area contributed by atoms with Crippen molar-refractivity contribution >= 4 is 11.9 Å². The number of nitrogens with one attached hydrogen (secondary N) is 2. The van der Waals surface area contributed by atoms with Crippen LogP contribution in [0.4, 0.5) is 4.79 Å². The second kappa shape index (κ2) is 6.16. The molecule has 0 radical (unpaired) electrons. The van der Waals surface area contributed by atoms with Crippen molar-refractivity contribution in [3.05, 3.63) is 35.9 Å². The molecule has 2 aliphatic rings. The fourth-order valence-corrected chi connectivity index (χ4v) is 3.21. The van der Waals surface area contributed by atoms with E-state index < -0.39 is 6.04 Å². The molecule has 21 heavy (non-hydrogen) atoms. The zero-order valence-electron chi connectivity index (χ0n) is 12.0. The minimum atomic E-state index is -0.394. The van der Waals surface area contributed by atoms with Gasteiger partial charge in [0.25, 0.3) is 0 Å². The normalized spacial score (nSPS) is 24.8. The van der Waals surface area contributed by atoms with Crippen LogP contribution in [0.25, 0.3) is 0 Å². The maximum Gasteiger partial charge on any atom is 0.315 e. The fourth-order valence-electron chi connectivity index (χ4n) is 3.21. The molecule has 0 spiro atoms. The first-order chi connectivity index (χ1) is 10.2. The van der Waals surface area contributed by atoms with Crippen LogP contribution in [0, 0.1) is 0 Å². The highest BCUT2D eigenvalue weighted by Crippen LogP contribution is 2.23. The van der Waals surface area contributed by atoms with E-state index in [1.54, 1.807) is 0 Å². The van der Waals surface area contributed by atoms with Gasteiger partial charge >= 0.3 is 6.03 Å². The van der Waals surface area contributed by atoms with E-state index in [9.17, 15) is 9.59 Å². The number of likely N-dealkylation sites (tertiary alicyclic amines) is 1. The largest absolute Gasteiger partial charge is 0.338 e. The second-order valence-corrected chi connectivity index (χ2v) is 5.76. The first-order valence-electron chi connectivity index (χ1n) is 7.63. The smallest absolute Gasteiger partial charge is 0.315 e. The first-order valence-corrected chi connectivity index (χ1v) is 7.63. The summed E-state index contributed by atoms with van der Waals surface area (Å²) in [6, 6.07) is 10.0. The Kier molecular flexibility index (Phi) is 4.08. The predicted octanol–water partition coefficient (Wildman–Crippen LogP) is 1.29. The van der Waals surface area contributed by atoms with Gasteiger partial charge in [-0.2, -0.15) is 0 Å². The fraction of sp³-hybridized carbons (Fsp3) is 0.500. The summed E-state index contributed by atoms with van der Waals surface area (Å²) < 4.78 is 0. The van der Waals surface area contributed by atoms with Crippen molar-refractivity contribution in [1.82, 2.24) is 15.5 Å². The van der Waals surface area contributed by atoms with Gasteiger partial charge in [-0.25, -0.2) is 4.79 Å². The number of amides is 3. The summed E-state index contributed by atoms with van der Waals surface area (Å²) in [6.07, 6.45) is 4.10. The summed E-state index contributed by atoms with van der Waals surface area (Å²) in [5.74, 6) is 0.0592. The zero-order chi connectivity index (χ0) is 14.7. The molecule has 112 valence electrons. The maximum atomic E-state index is 12.5. The minimum absolute atomic E-state index is 0.0592. The molecule has 2 N–H and O–H groups in total. The van der Waals surface area contributed by atoms with Gasteiger partial charge in [0.1, 0.15) is 6.04 Å². The molecule has 5 nitrogen and oxygen atoms in total. The van der Waals surface area contributed by atoms with Crippen molar-refractivity contribution in [1.29, 1.82) is 0 Å². The van der Waals surface area contributed by atoms with E-state index in [4.69, 9.17) is 0 Å². The highest BCUT2D eigenvalue weighted by molar-refractivity contribution is 5.90. The van der Waals surface area contributed by atoms with Gasteiger partial charge in [-0.15, -0.1) is 0 Å². The second-order valence-electron chi connectivity index (χ2n) is 5.76. The number of urea groups is 1. The molecule has 2 heterocycles. The summed E-state index contributed by atoms with van der Waals surface area (Å²) >= 11 is 0. The number of hydrogen-bond acceptors (Lipinski definition) is 2. The Labute approximate surface area is 124 Å². The summed E-state index contributed by atoms with van der Waals surface area (Å²) in [5.41, 5.74) is 1.31. The van der Waals surface area contributed by atoms with Crippen LogP contribution < -0.4 is 10.6 Å². The number of hydrogen-bond donors (Lipinski definition) is 2. The minimum Gasteiger partial charge on any atom is -0.338 e. The molecule has 2 atom stereocenters. The molecule has 2 aliphatic heterocycles. The Morgan fingerprint density at radius 2 is 2.10 bits per heavy atom. The number of aryl methyl sites for hydroxylation is 1. The van der Waals surface area contributed by atoms with Crippen LogP contribution in [-0.4, -0.2) is 42.0 Å². The molecular formula is C16H21N3O2. The molecule has 5 heteroatoms. The van der Waals surface area contributed by atoms with Gasteiger partial charge in [0.05, 0.1) is 0 Å². The molecule has 1 aromatic rings. The average Bonchev–Trinajstić information content (AvgIpc) is 3.14. The van der Waals surface area contributed by atoms with Crippen LogP contribution >= 0.6 is 0 Å². The lowest BCUT2D eigenvalue weighted by Crippen LogP contribution is -2.47. The monoisotopic (exact) mass is 287 g/mol. The van der Waals surface area contributed by atoms with Gasteiger partial charge in [0.2, 0.25) is 5.91 Å². The Morgan fingerprint density at radius 3 is 2.81 bits per heavy atom. The molecular weight excluding hydrogens is 266 g/mol. The maximum absolute atomic E-state index is 12.5. The third-order valence-corrected chi connectivity index (χ3v) is 4.34. The number of benzene rings is 1. The lowest BCUT2D eigenvalue weighted by Gasteiger charge is -2.27. The van der Waals surface area contributed by atoms with Crippen LogP contribution in [0.2, 0.25) is 0 Å². The summed E-state index contributed by atoms with van der Waals surface area (Å²) in [7, 11) is 0. The predicted molar refractivity (Wildman–Crippen MR) is 79.8 cm³/mol. The Hall–Kier alpha value is -2.04. The lowest BCUT2D eigenvalue weighted by atomic mass is 10.0. The number of rotatable bonds is 4. The number of carbonyl (C=O) groups is 2. The van der Waals surface area contributed by atoms with Gasteiger partial charge in [0, 0.05) is 19.1 Å². The quantitative estimate of drug-likeness (QED) is 0.876. The topological polar surface area (TPSA) is 61.4 Å². The first kappa shape index (κ1) is 13.9. The molecule has 3 amide bonds. The van der Waals surface area contributed by atoms with E-state index in [0.29, 0.717) is 12.6 Å². The van der Waals surface area contributed by atoms with Crippen molar-refractivity contribution in [2.45, 2.75) is 37.8 Å². The van der Waals surface area contributed by atoms with Crippen molar-refractivity contribution in [3.63, 3.8) is 0 Å². The van der Waals surface area contributed by atoms with Crippen LogP contribution in [0.15, 0.2) is 30.3 Å². The molecule has 1 aromatic carbocycles. The van der Waals surface area contributed by atoms with E-state index in [-0.39, 0.29) is 11.9 Å². The molecule has 2 saturated heterocycles. The molecule has 0 aromatic heterocycles. The SMILES string of the molecule is O=C1NC[C@@H](C(=O)N2CCC[C@@H]2CCc2ccccc2)N1. The standard InChI is InChI=1S/C16H21N3O2/c20-15(14-11-17-16(21)18-14)19-10-4-7-13(19)9-8-12-5-2-1-3-6-12/h1-3,5-6,13-14H,4,7-11H2,(H2,17,18,21)/t13-,14+/m1/s1. The van der Waals surface area contributed by atoms with Crippen molar-refractivity contribution in [2.24, 2.45) is 0 Å². The summed E-state index contributed by atoms with van der Waals surface area (Å²) in [6.45, 7) is 1.21. The number of carbonyl (C=O) groups excluding carboxylic acids is 2. The molecule has 0 aliphatic carbocycles. The third-order valence-electron chi connectivity index (χ3n) is 4.34. The Bertz CT molecular complexity index is 518. The molecule has 0 saturated carbocycles. The van der Waals surface area contributed by atoms with E-state index in [1.165, 1.54) is 5.56 Å². The molecule has 3 rings (SSSR count). The van der Waals surface area contributed by atoms with Crippen molar-refractivity contribution < 1.29 is 9.59 Å². The van der Waals surface area contributed by atoms with Gasteiger partial charge in [-0.05, 0) is 31.2 Å². The zero-order valence-corrected chi connectivity index (χ0v) is 12.0. The van der Waals surface area contributed by atoms with Crippen LogP contribution in [0.1, 0.15) is 24.8 Å². The Morgan fingerprint density at radius 1 is 1.29 bits per heavy atom. The van der Waals surface area contributed by atoms with Crippen LogP contribution in [0.3, 0.4) is 0 Å². The van der Waals surface area contributed by atoms with E-state index >= 15 is 0 Å². The van der Waals surface area contributed by atoms with Crippen LogP contribution in [-0.2, 0) is 11.2 Å². The highest BCUT2D eigenvalue weighted by Gasteiger charge is 2.35. The third kappa shape index (κ3) is 3.17. The Balaban J connectivity index is 1.57. The molecule has 2 fully saturated rings.